The van der Waals surface area contributed by atoms with Crippen LogP contribution in [0.25, 0.3) is 0 Å². The quantitative estimate of drug-likeness (QED) is 0.837. The largest absolute Gasteiger partial charge is 0.398 e. The molecule has 2 aromatic rings. The number of aryl methyl sites for hydroxylation is 1. The second-order valence-electron chi connectivity index (χ2n) is 4.67. The topological polar surface area (TPSA) is 46.3 Å². The van der Waals surface area contributed by atoms with Gasteiger partial charge in [0.25, 0.3) is 5.91 Å². The highest BCUT2D eigenvalue weighted by Gasteiger charge is 2.17. The number of para-hydroxylation sites is 1. The molecule has 0 radical (unpaired) electrons. The summed E-state index contributed by atoms with van der Waals surface area (Å²) in [4.78, 5) is 14.2. The van der Waals surface area contributed by atoms with E-state index in [0.29, 0.717) is 11.3 Å². The van der Waals surface area contributed by atoms with E-state index in [1.165, 1.54) is 0 Å². The molecule has 0 saturated carbocycles. The molecule has 0 aliphatic heterocycles. The molecule has 0 aliphatic rings. The predicted molar refractivity (Wildman–Crippen MR) is 79.5 cm³/mol. The zero-order valence-electron chi connectivity index (χ0n) is 11.5. The maximum atomic E-state index is 12.5. The Balaban J connectivity index is 2.40. The van der Waals surface area contributed by atoms with E-state index in [-0.39, 0.29) is 5.91 Å². The van der Waals surface area contributed by atoms with E-state index >= 15 is 0 Å². The van der Waals surface area contributed by atoms with Crippen molar-refractivity contribution in [2.45, 2.75) is 13.8 Å². The van der Waals surface area contributed by atoms with Crippen LogP contribution in [0.15, 0.2) is 42.5 Å². The zero-order chi connectivity index (χ0) is 14.0. The predicted octanol–water partition coefficient (Wildman–Crippen LogP) is 3.16. The highest BCUT2D eigenvalue weighted by molar-refractivity contribution is 6.07. The third-order valence-corrected chi connectivity index (χ3v) is 3.39. The summed E-state index contributed by atoms with van der Waals surface area (Å²) in [5.41, 5.74) is 9.95. The van der Waals surface area contributed by atoms with Crippen LogP contribution in [-0.4, -0.2) is 13.0 Å². The van der Waals surface area contributed by atoms with E-state index in [0.717, 1.165) is 16.8 Å². The van der Waals surface area contributed by atoms with Gasteiger partial charge >= 0.3 is 0 Å². The van der Waals surface area contributed by atoms with E-state index < -0.39 is 0 Å². The van der Waals surface area contributed by atoms with E-state index in [1.54, 1.807) is 24.1 Å². The van der Waals surface area contributed by atoms with Gasteiger partial charge in [0.2, 0.25) is 0 Å². The number of amides is 1. The highest BCUT2D eigenvalue weighted by Crippen LogP contribution is 2.22. The van der Waals surface area contributed by atoms with E-state index in [2.05, 4.69) is 0 Å². The van der Waals surface area contributed by atoms with Crippen LogP contribution in [0.5, 0.6) is 0 Å². The molecule has 0 aromatic heterocycles. The summed E-state index contributed by atoms with van der Waals surface area (Å²) in [5.74, 6) is -0.0425. The van der Waals surface area contributed by atoms with Crippen molar-refractivity contribution in [1.29, 1.82) is 0 Å². The van der Waals surface area contributed by atoms with Crippen molar-refractivity contribution in [1.82, 2.24) is 0 Å². The number of benzene rings is 2. The Bertz CT molecular complexity index is 620. The fourth-order valence-corrected chi connectivity index (χ4v) is 2.12. The number of nitrogen functional groups attached to an aromatic ring is 1. The van der Waals surface area contributed by atoms with Gasteiger partial charge in [0.05, 0.1) is 0 Å². The SMILES string of the molecule is Cc1ccccc1N(C)C(=O)c1cccc(N)c1C. The molecular formula is C16H18N2O. The van der Waals surface area contributed by atoms with E-state index in [1.807, 2.05) is 44.2 Å². The maximum absolute atomic E-state index is 12.5. The van der Waals surface area contributed by atoms with Crippen LogP contribution in [0.2, 0.25) is 0 Å². The standard InChI is InChI=1S/C16H18N2O/c1-11-7-4-5-10-15(11)18(3)16(19)13-8-6-9-14(17)12(13)2/h4-10H,17H2,1-3H3. The number of hydrogen-bond acceptors (Lipinski definition) is 2. The van der Waals surface area contributed by atoms with Gasteiger partial charge in [-0.05, 0) is 43.2 Å². The molecule has 19 heavy (non-hydrogen) atoms. The molecule has 0 heterocycles. The molecule has 3 nitrogen and oxygen atoms in total. The van der Waals surface area contributed by atoms with Crippen molar-refractivity contribution in [3.63, 3.8) is 0 Å². The summed E-state index contributed by atoms with van der Waals surface area (Å²) >= 11 is 0. The van der Waals surface area contributed by atoms with Gasteiger partial charge in [-0.2, -0.15) is 0 Å². The number of nitrogens with zero attached hydrogens (tertiary/aromatic N) is 1. The normalized spacial score (nSPS) is 10.3. The summed E-state index contributed by atoms with van der Waals surface area (Å²) in [7, 11) is 1.79. The fourth-order valence-electron chi connectivity index (χ4n) is 2.12. The van der Waals surface area contributed by atoms with Gasteiger partial charge in [0, 0.05) is 24.0 Å². The molecule has 2 rings (SSSR count). The summed E-state index contributed by atoms with van der Waals surface area (Å²) < 4.78 is 0. The van der Waals surface area contributed by atoms with Crippen LogP contribution in [-0.2, 0) is 0 Å². The lowest BCUT2D eigenvalue weighted by Gasteiger charge is -2.20. The van der Waals surface area contributed by atoms with Crippen molar-refractivity contribution in [2.24, 2.45) is 0 Å². The van der Waals surface area contributed by atoms with Crippen LogP contribution >= 0.6 is 0 Å². The van der Waals surface area contributed by atoms with Crippen molar-refractivity contribution >= 4 is 17.3 Å². The van der Waals surface area contributed by atoms with Crippen LogP contribution in [0.1, 0.15) is 21.5 Å². The Hall–Kier alpha value is -2.29. The number of anilines is 2. The number of carbonyl (C=O) groups is 1. The Labute approximate surface area is 113 Å². The zero-order valence-corrected chi connectivity index (χ0v) is 11.5. The first-order chi connectivity index (χ1) is 9.02. The monoisotopic (exact) mass is 254 g/mol. The molecule has 0 saturated heterocycles. The van der Waals surface area contributed by atoms with Crippen molar-refractivity contribution in [3.05, 3.63) is 59.2 Å². The Morgan fingerprint density at radius 2 is 1.74 bits per heavy atom. The minimum atomic E-state index is -0.0425. The molecule has 0 aliphatic carbocycles. The van der Waals surface area contributed by atoms with Crippen LogP contribution in [0.3, 0.4) is 0 Å². The van der Waals surface area contributed by atoms with Gasteiger partial charge in [-0.1, -0.05) is 24.3 Å². The lowest BCUT2D eigenvalue weighted by Crippen LogP contribution is -2.27. The summed E-state index contributed by atoms with van der Waals surface area (Å²) in [5, 5.41) is 0. The van der Waals surface area contributed by atoms with Gasteiger partial charge in [-0.15, -0.1) is 0 Å². The molecule has 3 heteroatoms. The molecule has 98 valence electrons. The van der Waals surface area contributed by atoms with Crippen LogP contribution in [0.4, 0.5) is 11.4 Å². The first kappa shape index (κ1) is 13.1. The third-order valence-electron chi connectivity index (χ3n) is 3.39. The molecule has 0 bridgehead atoms. The minimum absolute atomic E-state index is 0.0425. The van der Waals surface area contributed by atoms with Gasteiger partial charge in [-0.25, -0.2) is 0 Å². The molecule has 0 spiro atoms. The van der Waals surface area contributed by atoms with Crippen LogP contribution in [0, 0.1) is 13.8 Å². The van der Waals surface area contributed by atoms with Crippen LogP contribution < -0.4 is 10.6 Å². The third kappa shape index (κ3) is 2.45. The van der Waals surface area contributed by atoms with Crippen molar-refractivity contribution in [2.75, 3.05) is 17.7 Å². The van der Waals surface area contributed by atoms with Crippen molar-refractivity contribution < 1.29 is 4.79 Å². The first-order valence-corrected chi connectivity index (χ1v) is 6.21. The number of hydrogen-bond donors (Lipinski definition) is 1. The Kier molecular flexibility index (Phi) is 3.56. The molecule has 0 atom stereocenters. The van der Waals surface area contributed by atoms with E-state index in [9.17, 15) is 4.79 Å². The fraction of sp³-hybridized carbons (Fsp3) is 0.188. The van der Waals surface area contributed by atoms with Gasteiger partial charge < -0.3 is 10.6 Å². The van der Waals surface area contributed by atoms with Gasteiger partial charge in [-0.3, -0.25) is 4.79 Å². The summed E-state index contributed by atoms with van der Waals surface area (Å²) in [6, 6.07) is 13.2. The maximum Gasteiger partial charge on any atom is 0.258 e. The second-order valence-corrected chi connectivity index (χ2v) is 4.67. The minimum Gasteiger partial charge on any atom is -0.398 e. The smallest absolute Gasteiger partial charge is 0.258 e. The lowest BCUT2D eigenvalue weighted by molar-refractivity contribution is 0.0992. The number of rotatable bonds is 2. The Morgan fingerprint density at radius 3 is 2.42 bits per heavy atom. The second kappa shape index (κ2) is 5.14. The number of carbonyl (C=O) groups excluding carboxylic acids is 1. The van der Waals surface area contributed by atoms with E-state index in [4.69, 9.17) is 5.73 Å². The number of nitrogens with two attached hydrogens (primary N) is 1. The molecule has 0 unspecified atom stereocenters. The molecule has 2 N–H and O–H groups in total. The Morgan fingerprint density at radius 1 is 1.05 bits per heavy atom. The molecular weight excluding hydrogens is 236 g/mol. The average molecular weight is 254 g/mol. The summed E-state index contributed by atoms with van der Waals surface area (Å²) in [6.45, 7) is 3.86. The average Bonchev–Trinajstić information content (AvgIpc) is 2.41. The first-order valence-electron chi connectivity index (χ1n) is 6.21. The summed E-state index contributed by atoms with van der Waals surface area (Å²) in [6.07, 6.45) is 0. The van der Waals surface area contributed by atoms with Crippen molar-refractivity contribution in [3.8, 4) is 0 Å². The molecule has 1 amide bonds. The lowest BCUT2D eigenvalue weighted by atomic mass is 10.1. The van der Waals surface area contributed by atoms with Gasteiger partial charge in [0.1, 0.15) is 0 Å². The highest BCUT2D eigenvalue weighted by atomic mass is 16.2. The van der Waals surface area contributed by atoms with Gasteiger partial charge in [0.15, 0.2) is 0 Å². The molecule has 2 aromatic carbocycles. The molecule has 0 fully saturated rings.